The minimum Gasteiger partial charge on any atom is -0.271 e. The Morgan fingerprint density at radius 2 is 2.18 bits per heavy atom. The lowest BCUT2D eigenvalue weighted by molar-refractivity contribution is 0.555. The van der Waals surface area contributed by atoms with Gasteiger partial charge in [0.1, 0.15) is 5.82 Å². The Balaban J connectivity index is 2.34. The SMILES string of the molecule is NNC(C1=CCCCC1)c1cccc(F)c1Br. The lowest BCUT2D eigenvalue weighted by atomic mass is 9.90. The Hall–Kier alpha value is -0.710. The van der Waals surface area contributed by atoms with Gasteiger partial charge in [-0.05, 0) is 53.2 Å². The maximum absolute atomic E-state index is 13.5. The molecule has 1 aliphatic rings. The van der Waals surface area contributed by atoms with E-state index >= 15 is 0 Å². The first-order valence-electron chi connectivity index (χ1n) is 5.83. The van der Waals surface area contributed by atoms with E-state index < -0.39 is 0 Å². The van der Waals surface area contributed by atoms with Crippen LogP contribution in [0.2, 0.25) is 0 Å². The van der Waals surface area contributed by atoms with Crippen LogP contribution in [0.4, 0.5) is 4.39 Å². The lowest BCUT2D eigenvalue weighted by Crippen LogP contribution is -2.30. The van der Waals surface area contributed by atoms with Crippen molar-refractivity contribution in [2.24, 2.45) is 5.84 Å². The molecule has 0 radical (unpaired) electrons. The summed E-state index contributed by atoms with van der Waals surface area (Å²) in [6, 6.07) is 4.95. The average Bonchev–Trinajstić information content (AvgIpc) is 2.37. The van der Waals surface area contributed by atoms with Crippen molar-refractivity contribution < 1.29 is 4.39 Å². The van der Waals surface area contributed by atoms with E-state index in [0.29, 0.717) is 4.47 Å². The Morgan fingerprint density at radius 1 is 1.35 bits per heavy atom. The van der Waals surface area contributed by atoms with Crippen molar-refractivity contribution in [1.29, 1.82) is 0 Å². The van der Waals surface area contributed by atoms with Crippen LogP contribution in [-0.4, -0.2) is 0 Å². The van der Waals surface area contributed by atoms with Crippen LogP contribution >= 0.6 is 15.9 Å². The molecule has 0 spiro atoms. The number of hydrogen-bond acceptors (Lipinski definition) is 2. The van der Waals surface area contributed by atoms with Gasteiger partial charge >= 0.3 is 0 Å². The number of rotatable bonds is 3. The maximum atomic E-state index is 13.5. The first-order valence-corrected chi connectivity index (χ1v) is 6.62. The number of hydrazine groups is 1. The number of halogens is 2. The van der Waals surface area contributed by atoms with Crippen molar-refractivity contribution in [3.8, 4) is 0 Å². The van der Waals surface area contributed by atoms with Gasteiger partial charge in [0.25, 0.3) is 0 Å². The molecule has 1 aromatic carbocycles. The largest absolute Gasteiger partial charge is 0.271 e. The highest BCUT2D eigenvalue weighted by atomic mass is 79.9. The third-order valence-corrected chi connectivity index (χ3v) is 3.99. The van der Waals surface area contributed by atoms with Gasteiger partial charge in [0.2, 0.25) is 0 Å². The number of nitrogens with one attached hydrogen (secondary N) is 1. The average molecular weight is 299 g/mol. The van der Waals surface area contributed by atoms with E-state index in [0.717, 1.165) is 18.4 Å². The summed E-state index contributed by atoms with van der Waals surface area (Å²) in [5, 5.41) is 0. The van der Waals surface area contributed by atoms with Crippen molar-refractivity contribution in [2.45, 2.75) is 31.7 Å². The third-order valence-electron chi connectivity index (χ3n) is 3.16. The fraction of sp³-hybridized carbons (Fsp3) is 0.385. The molecule has 1 atom stereocenters. The molecule has 0 fully saturated rings. The van der Waals surface area contributed by atoms with E-state index in [4.69, 9.17) is 5.84 Å². The fourth-order valence-corrected chi connectivity index (χ4v) is 2.76. The standard InChI is InChI=1S/C13H16BrFN2/c14-12-10(7-4-8-11(12)15)13(17-16)9-5-2-1-3-6-9/h4-5,7-8,13,17H,1-3,6,16H2. The summed E-state index contributed by atoms with van der Waals surface area (Å²) in [4.78, 5) is 0. The van der Waals surface area contributed by atoms with Gasteiger partial charge in [-0.3, -0.25) is 5.84 Å². The molecule has 0 saturated heterocycles. The van der Waals surface area contributed by atoms with Crippen LogP contribution < -0.4 is 11.3 Å². The molecule has 1 aromatic rings. The number of hydrogen-bond donors (Lipinski definition) is 2. The van der Waals surface area contributed by atoms with Crippen molar-refractivity contribution >= 4 is 15.9 Å². The van der Waals surface area contributed by atoms with Crippen LogP contribution in [0.1, 0.15) is 37.3 Å². The molecule has 3 N–H and O–H groups in total. The fourth-order valence-electron chi connectivity index (χ4n) is 2.27. The molecule has 0 amide bonds. The number of benzene rings is 1. The van der Waals surface area contributed by atoms with Gasteiger partial charge in [-0.25, -0.2) is 9.82 Å². The summed E-state index contributed by atoms with van der Waals surface area (Å²) < 4.78 is 14.0. The van der Waals surface area contributed by atoms with Gasteiger partial charge < -0.3 is 0 Å². The maximum Gasteiger partial charge on any atom is 0.137 e. The first-order chi connectivity index (χ1) is 8.24. The van der Waals surface area contributed by atoms with Gasteiger partial charge in [0.05, 0.1) is 10.5 Å². The van der Waals surface area contributed by atoms with E-state index in [1.165, 1.54) is 24.5 Å². The van der Waals surface area contributed by atoms with Crippen molar-refractivity contribution in [3.63, 3.8) is 0 Å². The van der Waals surface area contributed by atoms with Crippen LogP contribution in [-0.2, 0) is 0 Å². The first kappa shape index (κ1) is 12.7. The predicted octanol–water partition coefficient (Wildman–Crippen LogP) is 3.59. The van der Waals surface area contributed by atoms with Crippen molar-refractivity contribution in [2.75, 3.05) is 0 Å². The molecule has 0 saturated carbocycles. The summed E-state index contributed by atoms with van der Waals surface area (Å²) in [6.07, 6.45) is 6.73. The van der Waals surface area contributed by atoms with E-state index in [2.05, 4.69) is 27.4 Å². The van der Waals surface area contributed by atoms with Gasteiger partial charge in [0.15, 0.2) is 0 Å². The van der Waals surface area contributed by atoms with Crippen LogP contribution in [0.25, 0.3) is 0 Å². The molecule has 0 heterocycles. The van der Waals surface area contributed by atoms with E-state index in [1.807, 2.05) is 6.07 Å². The Kier molecular flexibility index (Phi) is 4.31. The molecular weight excluding hydrogens is 283 g/mol. The number of nitrogens with two attached hydrogens (primary N) is 1. The van der Waals surface area contributed by atoms with E-state index in [9.17, 15) is 4.39 Å². The second-order valence-corrected chi connectivity index (χ2v) is 5.06. The van der Waals surface area contributed by atoms with Gasteiger partial charge in [-0.1, -0.05) is 23.8 Å². The molecule has 4 heteroatoms. The Morgan fingerprint density at radius 3 is 2.82 bits per heavy atom. The van der Waals surface area contributed by atoms with Crippen LogP contribution in [0.3, 0.4) is 0 Å². The van der Waals surface area contributed by atoms with Crippen LogP contribution in [0.5, 0.6) is 0 Å². The van der Waals surface area contributed by atoms with Gasteiger partial charge in [-0.2, -0.15) is 0 Å². The minimum absolute atomic E-state index is 0.0969. The summed E-state index contributed by atoms with van der Waals surface area (Å²) in [7, 11) is 0. The Bertz CT molecular complexity index is 431. The molecule has 0 aliphatic heterocycles. The van der Waals surface area contributed by atoms with Gasteiger partial charge in [-0.15, -0.1) is 0 Å². The van der Waals surface area contributed by atoms with Crippen molar-refractivity contribution in [1.82, 2.24) is 5.43 Å². The van der Waals surface area contributed by atoms with Crippen LogP contribution in [0.15, 0.2) is 34.3 Å². The van der Waals surface area contributed by atoms with Gasteiger partial charge in [0, 0.05) is 0 Å². The highest BCUT2D eigenvalue weighted by molar-refractivity contribution is 9.10. The lowest BCUT2D eigenvalue weighted by Gasteiger charge is -2.24. The smallest absolute Gasteiger partial charge is 0.137 e. The highest BCUT2D eigenvalue weighted by Crippen LogP contribution is 2.34. The number of allylic oxidation sites excluding steroid dienone is 1. The van der Waals surface area contributed by atoms with Crippen LogP contribution in [0, 0.1) is 5.82 Å². The van der Waals surface area contributed by atoms with E-state index in [1.54, 1.807) is 6.07 Å². The second-order valence-electron chi connectivity index (χ2n) is 4.27. The molecular formula is C13H16BrFN2. The molecule has 1 unspecified atom stereocenters. The topological polar surface area (TPSA) is 38.0 Å². The zero-order valence-corrected chi connectivity index (χ0v) is 11.1. The molecule has 1 aliphatic carbocycles. The third kappa shape index (κ3) is 2.76. The molecule has 17 heavy (non-hydrogen) atoms. The molecule has 2 rings (SSSR count). The minimum atomic E-state index is -0.251. The normalized spacial score (nSPS) is 17.7. The highest BCUT2D eigenvalue weighted by Gasteiger charge is 2.20. The summed E-state index contributed by atoms with van der Waals surface area (Å²) in [6.45, 7) is 0. The molecule has 0 aromatic heterocycles. The monoisotopic (exact) mass is 298 g/mol. The zero-order valence-electron chi connectivity index (χ0n) is 9.55. The molecule has 2 nitrogen and oxygen atoms in total. The predicted molar refractivity (Wildman–Crippen MR) is 70.7 cm³/mol. The summed E-state index contributed by atoms with van der Waals surface area (Å²) in [5.41, 5.74) is 4.91. The molecule has 92 valence electrons. The Labute approximate surface area is 109 Å². The van der Waals surface area contributed by atoms with E-state index in [-0.39, 0.29) is 11.9 Å². The summed E-state index contributed by atoms with van der Waals surface area (Å²) >= 11 is 3.29. The van der Waals surface area contributed by atoms with Crippen molar-refractivity contribution in [3.05, 3.63) is 45.7 Å². The summed E-state index contributed by atoms with van der Waals surface area (Å²) in [5.74, 6) is 5.37. The molecule has 0 bridgehead atoms. The quantitative estimate of drug-likeness (QED) is 0.508. The second kappa shape index (κ2) is 5.76. The zero-order chi connectivity index (χ0) is 12.3.